The van der Waals surface area contributed by atoms with Crippen molar-refractivity contribution < 1.29 is 13.9 Å². The minimum absolute atomic E-state index is 0.230. The van der Waals surface area contributed by atoms with Crippen LogP contribution in [0.5, 0.6) is 5.88 Å². The molecular weight excluding hydrogens is 455 g/mol. The van der Waals surface area contributed by atoms with Gasteiger partial charge in [-0.05, 0) is 94.5 Å². The third-order valence-electron chi connectivity index (χ3n) is 9.06. The van der Waals surface area contributed by atoms with Gasteiger partial charge in [0.05, 0.1) is 5.52 Å². The maximum atomic E-state index is 14.4. The van der Waals surface area contributed by atoms with Gasteiger partial charge in [-0.2, -0.15) is 0 Å². The molecule has 1 N–H and O–H groups in total. The molecule has 7 heteroatoms. The minimum Gasteiger partial charge on any atom is -0.393 e. The average molecular weight is 499 g/mol. The average Bonchev–Trinajstić information content (AvgIpc) is 3.51. The molecule has 1 aromatic carbocycles. The van der Waals surface area contributed by atoms with Crippen molar-refractivity contribution in [1.29, 1.82) is 0 Å². The molecule has 1 amide bonds. The quantitative estimate of drug-likeness (QED) is 0.535. The van der Waals surface area contributed by atoms with Crippen molar-refractivity contribution in [2.24, 2.45) is 11.8 Å². The van der Waals surface area contributed by atoms with Gasteiger partial charge in [-0.15, -0.1) is 0 Å². The van der Waals surface area contributed by atoms with E-state index in [1.807, 2.05) is 6.07 Å². The lowest BCUT2D eigenvalue weighted by Crippen LogP contribution is -2.44. The summed E-state index contributed by atoms with van der Waals surface area (Å²) in [6, 6.07) is 5.95. The normalized spacial score (nSPS) is 24.6. The van der Waals surface area contributed by atoms with Gasteiger partial charge in [-0.3, -0.25) is 4.90 Å². The number of rotatable bonds is 6. The molecule has 3 fully saturated rings. The Labute approximate surface area is 215 Å². The molecule has 36 heavy (non-hydrogen) atoms. The summed E-state index contributed by atoms with van der Waals surface area (Å²) in [7, 11) is 1.58. The number of benzene rings is 1. The van der Waals surface area contributed by atoms with E-state index >= 15 is 0 Å². The highest BCUT2D eigenvalue weighted by molar-refractivity contribution is 5.88. The highest BCUT2D eigenvalue weighted by Gasteiger charge is 2.33. The molecular formula is C29H43FN4O2. The van der Waals surface area contributed by atoms with Gasteiger partial charge >= 0.3 is 6.09 Å². The Hall–Kier alpha value is -2.12. The Morgan fingerprint density at radius 2 is 1.72 bits per heavy atom. The van der Waals surface area contributed by atoms with Crippen LogP contribution in [0.15, 0.2) is 18.2 Å². The first-order valence-corrected chi connectivity index (χ1v) is 14.1. The van der Waals surface area contributed by atoms with Crippen molar-refractivity contribution in [1.82, 2.24) is 19.7 Å². The molecule has 3 aliphatic rings. The predicted octanol–water partition coefficient (Wildman–Crippen LogP) is 5.95. The fraction of sp³-hybridized carbons (Fsp3) is 0.690. The van der Waals surface area contributed by atoms with Crippen LogP contribution >= 0.6 is 0 Å². The second-order valence-electron chi connectivity index (χ2n) is 11.5. The highest BCUT2D eigenvalue weighted by atomic mass is 19.1. The second kappa shape index (κ2) is 11.1. The summed E-state index contributed by atoms with van der Waals surface area (Å²) in [5.41, 5.74) is 1.91. The molecule has 2 aliphatic heterocycles. The number of amides is 1. The topological polar surface area (TPSA) is 49.7 Å². The van der Waals surface area contributed by atoms with E-state index in [4.69, 9.17) is 4.74 Å². The molecule has 3 heterocycles. The number of carbonyl (C=O) groups is 1. The summed E-state index contributed by atoms with van der Waals surface area (Å²) in [6.45, 7) is 9.57. The fourth-order valence-corrected chi connectivity index (χ4v) is 6.90. The Morgan fingerprint density at radius 1 is 1.03 bits per heavy atom. The smallest absolute Gasteiger partial charge is 0.393 e. The van der Waals surface area contributed by atoms with Crippen LogP contribution in [0.4, 0.5) is 9.18 Å². The number of ether oxygens (including phenoxy) is 1. The summed E-state index contributed by atoms with van der Waals surface area (Å²) in [5.74, 6) is 2.01. The Balaban J connectivity index is 1.40. The molecule has 1 saturated carbocycles. The molecule has 6 nitrogen and oxygen atoms in total. The lowest BCUT2D eigenvalue weighted by molar-refractivity contribution is 0.0879. The summed E-state index contributed by atoms with van der Waals surface area (Å²) in [5, 5.41) is 3.48. The van der Waals surface area contributed by atoms with Gasteiger partial charge in [0.2, 0.25) is 5.88 Å². The largest absolute Gasteiger partial charge is 0.413 e. The number of likely N-dealkylation sites (tertiary alicyclic amines) is 2. The van der Waals surface area contributed by atoms with Gasteiger partial charge in [-0.25, -0.2) is 9.18 Å². The molecule has 0 spiro atoms. The van der Waals surface area contributed by atoms with Crippen LogP contribution in [0, 0.1) is 17.7 Å². The summed E-state index contributed by atoms with van der Waals surface area (Å²) < 4.78 is 22.6. The molecule has 198 valence electrons. The van der Waals surface area contributed by atoms with E-state index in [9.17, 15) is 9.18 Å². The zero-order chi connectivity index (χ0) is 25.2. The van der Waals surface area contributed by atoms with Crippen LogP contribution in [0.2, 0.25) is 0 Å². The van der Waals surface area contributed by atoms with E-state index in [2.05, 4.69) is 33.5 Å². The molecule has 2 aromatic rings. The second-order valence-corrected chi connectivity index (χ2v) is 11.5. The summed E-state index contributed by atoms with van der Waals surface area (Å²) in [4.78, 5) is 17.5. The standard InChI is InChI=1S/C29H43FN4O2/c1-20(2)21-6-9-23(10-7-21)33-16-12-24(13-17-33)34-27-11-8-22(30)18-25(27)26(19-32-14-4-5-15-32)28(34)36-29(35)31-3/h8,11,18,20-21,23-24H,4-7,9-10,12-17,19H2,1-3H3,(H,31,35). The minimum atomic E-state index is -0.471. The van der Waals surface area contributed by atoms with E-state index in [-0.39, 0.29) is 11.9 Å². The van der Waals surface area contributed by atoms with E-state index in [1.165, 1.54) is 44.6 Å². The molecule has 0 atom stereocenters. The molecule has 0 radical (unpaired) electrons. The number of hydrogen-bond acceptors (Lipinski definition) is 4. The van der Waals surface area contributed by atoms with Crippen molar-refractivity contribution in [3.05, 3.63) is 29.6 Å². The monoisotopic (exact) mass is 498 g/mol. The van der Waals surface area contributed by atoms with Crippen LogP contribution in [0.1, 0.15) is 76.8 Å². The number of halogens is 1. The third kappa shape index (κ3) is 5.28. The zero-order valence-corrected chi connectivity index (χ0v) is 22.3. The molecule has 0 unspecified atom stereocenters. The zero-order valence-electron chi connectivity index (χ0n) is 22.3. The number of hydrogen-bond donors (Lipinski definition) is 1. The maximum Gasteiger partial charge on any atom is 0.413 e. The molecule has 1 aliphatic carbocycles. The van der Waals surface area contributed by atoms with Crippen molar-refractivity contribution in [2.75, 3.05) is 33.2 Å². The van der Waals surface area contributed by atoms with Crippen LogP contribution in [0.3, 0.4) is 0 Å². The van der Waals surface area contributed by atoms with Gasteiger partial charge in [0, 0.05) is 49.7 Å². The Kier molecular flexibility index (Phi) is 7.87. The number of carbonyl (C=O) groups excluding carboxylic acids is 1. The number of nitrogens with one attached hydrogen (secondary N) is 1. The number of aromatic nitrogens is 1. The first-order chi connectivity index (χ1) is 17.4. The number of fused-ring (bicyclic) bond motifs is 1. The van der Waals surface area contributed by atoms with Crippen molar-refractivity contribution in [3.63, 3.8) is 0 Å². The number of piperidine rings is 1. The lowest BCUT2D eigenvalue weighted by atomic mass is 9.79. The van der Waals surface area contributed by atoms with Crippen LogP contribution in [-0.2, 0) is 6.54 Å². The van der Waals surface area contributed by atoms with Gasteiger partial charge in [0.15, 0.2) is 0 Å². The van der Waals surface area contributed by atoms with Crippen molar-refractivity contribution >= 4 is 17.0 Å². The van der Waals surface area contributed by atoms with E-state index in [0.29, 0.717) is 18.5 Å². The van der Waals surface area contributed by atoms with Crippen LogP contribution < -0.4 is 10.1 Å². The van der Waals surface area contributed by atoms with Crippen LogP contribution in [0.25, 0.3) is 10.9 Å². The highest BCUT2D eigenvalue weighted by Crippen LogP contribution is 2.41. The van der Waals surface area contributed by atoms with Crippen molar-refractivity contribution in [3.8, 4) is 5.88 Å². The predicted molar refractivity (Wildman–Crippen MR) is 142 cm³/mol. The van der Waals surface area contributed by atoms with E-state index in [1.54, 1.807) is 13.1 Å². The fourth-order valence-electron chi connectivity index (χ4n) is 6.90. The molecule has 1 aromatic heterocycles. The molecule has 0 bridgehead atoms. The summed E-state index contributed by atoms with van der Waals surface area (Å²) >= 11 is 0. The van der Waals surface area contributed by atoms with E-state index in [0.717, 1.165) is 67.3 Å². The Bertz CT molecular complexity index is 1050. The molecule has 5 rings (SSSR count). The van der Waals surface area contributed by atoms with Gasteiger partial charge in [0.1, 0.15) is 5.82 Å². The summed E-state index contributed by atoms with van der Waals surface area (Å²) in [6.07, 6.45) is 9.22. The third-order valence-corrected chi connectivity index (χ3v) is 9.06. The van der Waals surface area contributed by atoms with Gasteiger partial charge < -0.3 is 19.5 Å². The molecule has 2 saturated heterocycles. The lowest BCUT2D eigenvalue weighted by Gasteiger charge is -2.42. The van der Waals surface area contributed by atoms with Crippen molar-refractivity contribution in [2.45, 2.75) is 83.8 Å². The van der Waals surface area contributed by atoms with Gasteiger partial charge in [0.25, 0.3) is 0 Å². The van der Waals surface area contributed by atoms with Crippen LogP contribution in [-0.4, -0.2) is 59.7 Å². The number of nitrogens with zero attached hydrogens (tertiary/aromatic N) is 3. The first-order valence-electron chi connectivity index (χ1n) is 14.1. The van der Waals surface area contributed by atoms with Gasteiger partial charge in [-0.1, -0.05) is 13.8 Å². The first kappa shape index (κ1) is 25.5. The Morgan fingerprint density at radius 3 is 2.36 bits per heavy atom. The van der Waals surface area contributed by atoms with E-state index < -0.39 is 6.09 Å². The SMILES string of the molecule is CNC(=O)Oc1c(CN2CCCC2)c2cc(F)ccc2n1C1CCN(C2CCC(C(C)C)CC2)CC1. The maximum absolute atomic E-state index is 14.4.